The number of hydrogen-bond acceptors (Lipinski definition) is 5. The van der Waals surface area contributed by atoms with E-state index in [1.54, 1.807) is 30.4 Å². The number of phenols is 1. The number of H-pyrrole nitrogens is 1. The maximum Gasteiger partial charge on any atom is 0.251 e. The third-order valence-electron chi connectivity index (χ3n) is 2.82. The number of benzene rings is 1. The van der Waals surface area contributed by atoms with Crippen molar-refractivity contribution < 1.29 is 14.6 Å². The van der Waals surface area contributed by atoms with Crippen molar-refractivity contribution in [1.29, 1.82) is 0 Å². The second kappa shape index (κ2) is 7.42. The van der Waals surface area contributed by atoms with Crippen LogP contribution in [0.4, 0.5) is 0 Å². The first-order valence-electron chi connectivity index (χ1n) is 6.85. The van der Waals surface area contributed by atoms with E-state index in [-0.39, 0.29) is 17.9 Å². The molecule has 0 fully saturated rings. The lowest BCUT2D eigenvalue weighted by Gasteiger charge is -2.06. The van der Waals surface area contributed by atoms with E-state index in [1.165, 1.54) is 13.2 Å². The quantitative estimate of drug-likeness (QED) is 0.854. The number of aromatic amines is 1. The maximum atomic E-state index is 11.5. The number of aromatic hydroxyl groups is 1. The van der Waals surface area contributed by atoms with Crippen LogP contribution >= 0.6 is 0 Å². The molecule has 0 saturated carbocycles. The van der Waals surface area contributed by atoms with Crippen molar-refractivity contribution in [2.45, 2.75) is 13.5 Å². The third-order valence-corrected chi connectivity index (χ3v) is 2.82. The van der Waals surface area contributed by atoms with Crippen LogP contribution in [-0.4, -0.2) is 28.8 Å². The molecule has 0 amide bonds. The third kappa shape index (κ3) is 4.20. The van der Waals surface area contributed by atoms with Gasteiger partial charge in [-0.1, -0.05) is 12.1 Å². The van der Waals surface area contributed by atoms with Crippen LogP contribution in [0.15, 0.2) is 29.1 Å². The van der Waals surface area contributed by atoms with Gasteiger partial charge in [-0.3, -0.25) is 4.79 Å². The molecule has 6 nitrogen and oxygen atoms in total. The molecule has 116 valence electrons. The van der Waals surface area contributed by atoms with Gasteiger partial charge in [-0.15, -0.1) is 0 Å². The van der Waals surface area contributed by atoms with E-state index in [1.807, 2.05) is 6.92 Å². The van der Waals surface area contributed by atoms with Crippen molar-refractivity contribution >= 4 is 12.2 Å². The van der Waals surface area contributed by atoms with Crippen molar-refractivity contribution in [1.82, 2.24) is 9.97 Å². The number of hydrogen-bond donors (Lipinski definition) is 2. The first kappa shape index (κ1) is 15.8. The van der Waals surface area contributed by atoms with Crippen molar-refractivity contribution in [3.8, 4) is 11.5 Å². The van der Waals surface area contributed by atoms with Crippen LogP contribution in [0, 0.1) is 0 Å². The molecule has 2 N–H and O–H groups in total. The number of rotatable bonds is 6. The zero-order chi connectivity index (χ0) is 15.9. The fourth-order valence-electron chi connectivity index (χ4n) is 1.91. The van der Waals surface area contributed by atoms with Gasteiger partial charge in [-0.25, -0.2) is 4.98 Å². The van der Waals surface area contributed by atoms with Crippen LogP contribution in [0.5, 0.6) is 11.5 Å². The molecule has 0 radical (unpaired) electrons. The molecule has 2 aromatic rings. The summed E-state index contributed by atoms with van der Waals surface area (Å²) in [6.45, 7) is 2.56. The standard InChI is InChI=1S/C16H18N2O4/c1-3-22-14-8-11(5-7-13(14)19)4-6-12-9-16(20)18-15(17-12)10-21-2/h4-9,19H,3,10H2,1-2H3,(H,17,18,20). The molecule has 1 heterocycles. The highest BCUT2D eigenvalue weighted by atomic mass is 16.5. The first-order valence-corrected chi connectivity index (χ1v) is 6.85. The summed E-state index contributed by atoms with van der Waals surface area (Å²) < 4.78 is 10.3. The molecule has 0 spiro atoms. The van der Waals surface area contributed by atoms with Gasteiger partial charge in [0.15, 0.2) is 11.5 Å². The smallest absolute Gasteiger partial charge is 0.251 e. The summed E-state index contributed by atoms with van der Waals surface area (Å²) in [4.78, 5) is 18.4. The SMILES string of the molecule is CCOc1cc(C=Cc2cc(=O)[nH]c(COC)n2)ccc1O. The number of aromatic nitrogens is 2. The summed E-state index contributed by atoms with van der Waals surface area (Å²) in [5.74, 6) is 0.981. The number of methoxy groups -OCH3 is 1. The van der Waals surface area contributed by atoms with Crippen LogP contribution in [0.1, 0.15) is 24.0 Å². The summed E-state index contributed by atoms with van der Waals surface area (Å²) >= 11 is 0. The summed E-state index contributed by atoms with van der Waals surface area (Å²) in [5, 5.41) is 9.66. The van der Waals surface area contributed by atoms with Crippen molar-refractivity contribution in [3.05, 3.63) is 51.7 Å². The zero-order valence-corrected chi connectivity index (χ0v) is 12.5. The molecular weight excluding hydrogens is 284 g/mol. The molecule has 22 heavy (non-hydrogen) atoms. The van der Waals surface area contributed by atoms with Gasteiger partial charge in [-0.2, -0.15) is 0 Å². The van der Waals surface area contributed by atoms with Gasteiger partial charge in [0.2, 0.25) is 0 Å². The molecular formula is C16H18N2O4. The maximum absolute atomic E-state index is 11.5. The highest BCUT2D eigenvalue weighted by Crippen LogP contribution is 2.27. The van der Waals surface area contributed by atoms with Gasteiger partial charge in [0, 0.05) is 13.2 Å². The molecule has 0 saturated heterocycles. The van der Waals surface area contributed by atoms with Gasteiger partial charge >= 0.3 is 0 Å². The molecule has 0 aliphatic heterocycles. The highest BCUT2D eigenvalue weighted by Gasteiger charge is 2.02. The summed E-state index contributed by atoms with van der Waals surface area (Å²) in [6, 6.07) is 6.43. The second-order valence-corrected chi connectivity index (χ2v) is 4.54. The average Bonchev–Trinajstić information content (AvgIpc) is 2.48. The fraction of sp³-hybridized carbons (Fsp3) is 0.250. The van der Waals surface area contributed by atoms with E-state index in [9.17, 15) is 9.90 Å². The first-order chi connectivity index (χ1) is 10.6. The Bertz CT molecular complexity index is 722. The number of nitrogens with zero attached hydrogens (tertiary/aromatic N) is 1. The Balaban J connectivity index is 2.24. The van der Waals surface area contributed by atoms with Crippen LogP contribution in [0.2, 0.25) is 0 Å². The lowest BCUT2D eigenvalue weighted by molar-refractivity contribution is 0.177. The average molecular weight is 302 g/mol. The Morgan fingerprint density at radius 2 is 2.14 bits per heavy atom. The molecule has 2 rings (SSSR count). The molecule has 0 aliphatic carbocycles. The monoisotopic (exact) mass is 302 g/mol. The fourth-order valence-corrected chi connectivity index (χ4v) is 1.91. The van der Waals surface area contributed by atoms with E-state index < -0.39 is 0 Å². The number of nitrogens with one attached hydrogen (secondary N) is 1. The molecule has 0 bridgehead atoms. The Morgan fingerprint density at radius 1 is 1.32 bits per heavy atom. The lowest BCUT2D eigenvalue weighted by Crippen LogP contribution is -2.11. The molecule has 1 aromatic carbocycles. The summed E-state index contributed by atoms with van der Waals surface area (Å²) in [7, 11) is 1.54. The van der Waals surface area contributed by atoms with Gasteiger partial charge in [0.05, 0.1) is 12.3 Å². The molecule has 1 aromatic heterocycles. The normalized spacial score (nSPS) is 11.0. The number of phenolic OH excluding ortho intramolecular Hbond substituents is 1. The number of ether oxygens (including phenoxy) is 2. The predicted molar refractivity (Wildman–Crippen MR) is 83.8 cm³/mol. The van der Waals surface area contributed by atoms with Gasteiger partial charge in [-0.05, 0) is 30.7 Å². The Morgan fingerprint density at radius 3 is 2.86 bits per heavy atom. The van der Waals surface area contributed by atoms with Crippen molar-refractivity contribution in [3.63, 3.8) is 0 Å². The van der Waals surface area contributed by atoms with Crippen LogP contribution in [-0.2, 0) is 11.3 Å². The van der Waals surface area contributed by atoms with Gasteiger partial charge in [0.1, 0.15) is 12.4 Å². The largest absolute Gasteiger partial charge is 0.504 e. The van der Waals surface area contributed by atoms with Gasteiger partial charge in [0.25, 0.3) is 5.56 Å². The van der Waals surface area contributed by atoms with E-state index in [0.29, 0.717) is 23.9 Å². The molecule has 0 aliphatic rings. The van der Waals surface area contributed by atoms with E-state index in [0.717, 1.165) is 5.56 Å². The zero-order valence-electron chi connectivity index (χ0n) is 12.5. The van der Waals surface area contributed by atoms with Gasteiger partial charge < -0.3 is 19.6 Å². The minimum absolute atomic E-state index is 0.0932. The van der Waals surface area contributed by atoms with E-state index >= 15 is 0 Å². The van der Waals surface area contributed by atoms with E-state index in [4.69, 9.17) is 9.47 Å². The lowest BCUT2D eigenvalue weighted by atomic mass is 10.1. The predicted octanol–water partition coefficient (Wildman–Crippen LogP) is 2.19. The minimum atomic E-state index is -0.234. The van der Waals surface area contributed by atoms with Crippen LogP contribution in [0.3, 0.4) is 0 Å². The Labute approximate surface area is 128 Å². The Kier molecular flexibility index (Phi) is 5.32. The molecule has 0 atom stereocenters. The molecule has 6 heteroatoms. The second-order valence-electron chi connectivity index (χ2n) is 4.54. The summed E-state index contributed by atoms with van der Waals surface area (Å²) in [6.07, 6.45) is 3.51. The topological polar surface area (TPSA) is 84.4 Å². The Hall–Kier alpha value is -2.60. The van der Waals surface area contributed by atoms with Crippen molar-refractivity contribution in [2.75, 3.05) is 13.7 Å². The van der Waals surface area contributed by atoms with Crippen LogP contribution < -0.4 is 10.3 Å². The summed E-state index contributed by atoms with van der Waals surface area (Å²) in [5.41, 5.74) is 1.13. The van der Waals surface area contributed by atoms with Crippen molar-refractivity contribution in [2.24, 2.45) is 0 Å². The van der Waals surface area contributed by atoms with E-state index in [2.05, 4.69) is 9.97 Å². The van der Waals surface area contributed by atoms with Crippen LogP contribution in [0.25, 0.3) is 12.2 Å². The molecule has 0 unspecified atom stereocenters. The minimum Gasteiger partial charge on any atom is -0.504 e. The highest BCUT2D eigenvalue weighted by molar-refractivity contribution is 5.69.